The third-order valence-electron chi connectivity index (χ3n) is 8.88. The number of alkyl halides is 2. The Kier molecular flexibility index (Phi) is 9.04. The van der Waals surface area contributed by atoms with Crippen molar-refractivity contribution < 1.29 is 26.1 Å². The maximum atomic E-state index is 13.6. The lowest BCUT2D eigenvalue weighted by Crippen LogP contribution is -2.55. The topological polar surface area (TPSA) is 129 Å². The van der Waals surface area contributed by atoms with Crippen molar-refractivity contribution in [3.8, 4) is 5.69 Å². The predicted molar refractivity (Wildman–Crippen MR) is 178 cm³/mol. The van der Waals surface area contributed by atoms with Crippen molar-refractivity contribution in [3.05, 3.63) is 36.3 Å². The summed E-state index contributed by atoms with van der Waals surface area (Å²) in [4.78, 5) is 12.1. The molecule has 256 valence electrons. The van der Waals surface area contributed by atoms with Gasteiger partial charge in [-0.25, -0.2) is 32.5 Å². The van der Waals surface area contributed by atoms with Crippen molar-refractivity contribution in [1.29, 1.82) is 0 Å². The Hall–Kier alpha value is -2.92. The van der Waals surface area contributed by atoms with Crippen LogP contribution >= 0.6 is 0 Å². The van der Waals surface area contributed by atoms with Crippen LogP contribution in [-0.4, -0.2) is 79.3 Å². The fourth-order valence-electron chi connectivity index (χ4n) is 6.13. The number of benzene rings is 1. The summed E-state index contributed by atoms with van der Waals surface area (Å²) in [5.41, 5.74) is 2.02. The van der Waals surface area contributed by atoms with E-state index in [0.717, 1.165) is 12.8 Å². The van der Waals surface area contributed by atoms with Crippen molar-refractivity contribution in [2.75, 3.05) is 24.6 Å². The van der Waals surface area contributed by atoms with E-state index in [9.17, 15) is 17.2 Å². The second-order valence-corrected chi connectivity index (χ2v) is 18.2. The number of hydrogen-bond acceptors (Lipinski definition) is 9. The van der Waals surface area contributed by atoms with Gasteiger partial charge in [0.15, 0.2) is 22.5 Å². The first-order chi connectivity index (χ1) is 22.1. The third kappa shape index (κ3) is 6.58. The Labute approximate surface area is 277 Å². The molecule has 0 amide bonds. The molecule has 4 aromatic rings. The van der Waals surface area contributed by atoms with Gasteiger partial charge >= 0.3 is 6.55 Å². The maximum absolute atomic E-state index is 13.6. The number of hydrogen-bond donors (Lipinski definition) is 1. The van der Waals surface area contributed by atoms with Crippen molar-refractivity contribution in [3.63, 3.8) is 0 Å². The molecule has 0 radical (unpaired) electrons. The monoisotopic (exact) mass is 692 g/mol. The van der Waals surface area contributed by atoms with Crippen molar-refractivity contribution >= 4 is 50.0 Å². The van der Waals surface area contributed by atoms with Gasteiger partial charge in [0, 0.05) is 23.9 Å². The summed E-state index contributed by atoms with van der Waals surface area (Å²) in [5, 5.41) is 8.90. The molecule has 12 nitrogen and oxygen atoms in total. The van der Waals surface area contributed by atoms with Gasteiger partial charge in [-0.2, -0.15) is 19.0 Å². The highest BCUT2D eigenvalue weighted by molar-refractivity contribution is 7.84. The molecule has 0 saturated carbocycles. The molecule has 1 aromatic carbocycles. The number of aromatic nitrogens is 6. The standard InChI is InChI=1S/C31H42F2N8O4S2/c1-19-25(38-46(42)29(2,3)4)31(18-44-19)10-12-39(13-11-31)26-23(17-45-47(43)30(5,6)7)37-27-22(36-26)16-35-40(27)21-9-8-20-15-34-41(28(32)33)24(20)14-21/h8-9,14-16,19,25,28,38H,10-13,17-18H2,1-7H3/t19-,25+,46?,47?/m0/s1. The molecule has 4 atom stereocenters. The van der Waals surface area contributed by atoms with E-state index in [1.54, 1.807) is 29.1 Å². The highest BCUT2D eigenvalue weighted by Gasteiger charge is 2.51. The number of halogens is 2. The summed E-state index contributed by atoms with van der Waals surface area (Å²) in [6.07, 6.45) is 4.47. The molecule has 6 rings (SSSR count). The van der Waals surface area contributed by atoms with Crippen LogP contribution in [0.1, 0.15) is 73.6 Å². The van der Waals surface area contributed by atoms with E-state index in [1.807, 2.05) is 48.5 Å². The lowest BCUT2D eigenvalue weighted by atomic mass is 9.73. The Morgan fingerprint density at radius 2 is 1.79 bits per heavy atom. The normalized spacial score (nSPS) is 21.8. The Bertz CT molecular complexity index is 1830. The quantitative estimate of drug-likeness (QED) is 0.272. The van der Waals surface area contributed by atoms with Gasteiger partial charge in [-0.15, -0.1) is 0 Å². The van der Waals surface area contributed by atoms with Gasteiger partial charge in [0.2, 0.25) is 0 Å². The number of anilines is 1. The van der Waals surface area contributed by atoms with Crippen LogP contribution in [0.2, 0.25) is 0 Å². The molecule has 1 N–H and O–H groups in total. The van der Waals surface area contributed by atoms with E-state index in [-0.39, 0.29) is 29.7 Å². The summed E-state index contributed by atoms with van der Waals surface area (Å²) < 4.78 is 69.7. The van der Waals surface area contributed by atoms with Crippen LogP contribution < -0.4 is 9.62 Å². The molecule has 47 heavy (non-hydrogen) atoms. The van der Waals surface area contributed by atoms with E-state index in [1.165, 1.54) is 6.20 Å². The number of ether oxygens (including phenoxy) is 1. The van der Waals surface area contributed by atoms with Crippen molar-refractivity contribution in [2.24, 2.45) is 5.41 Å². The molecule has 1 spiro atoms. The zero-order valence-corrected chi connectivity index (χ0v) is 29.3. The minimum Gasteiger partial charge on any atom is -0.376 e. The molecule has 2 aliphatic heterocycles. The van der Waals surface area contributed by atoms with Gasteiger partial charge in [-0.1, -0.05) is 0 Å². The second-order valence-electron chi connectivity index (χ2n) is 14.3. The van der Waals surface area contributed by atoms with Gasteiger partial charge in [0.25, 0.3) is 0 Å². The minimum absolute atomic E-state index is 0.0545. The summed E-state index contributed by atoms with van der Waals surface area (Å²) in [6.45, 7) is 12.4. The Morgan fingerprint density at radius 3 is 2.45 bits per heavy atom. The first kappa shape index (κ1) is 34.0. The minimum atomic E-state index is -2.79. The Morgan fingerprint density at radius 1 is 1.06 bits per heavy atom. The smallest absolute Gasteiger partial charge is 0.333 e. The fourth-order valence-corrected chi connectivity index (χ4v) is 7.72. The van der Waals surface area contributed by atoms with E-state index >= 15 is 0 Å². The van der Waals surface area contributed by atoms with Crippen molar-refractivity contribution in [1.82, 2.24) is 34.3 Å². The van der Waals surface area contributed by atoms with Gasteiger partial charge in [0.1, 0.15) is 17.8 Å². The van der Waals surface area contributed by atoms with Gasteiger partial charge < -0.3 is 9.64 Å². The zero-order valence-electron chi connectivity index (χ0n) is 27.7. The highest BCUT2D eigenvalue weighted by Crippen LogP contribution is 2.44. The van der Waals surface area contributed by atoms with Gasteiger partial charge in [-0.3, -0.25) is 4.18 Å². The van der Waals surface area contributed by atoms with E-state index in [0.29, 0.717) is 58.1 Å². The summed E-state index contributed by atoms with van der Waals surface area (Å²) in [5.74, 6) is 0.610. The van der Waals surface area contributed by atoms with Crippen LogP contribution in [0.5, 0.6) is 0 Å². The average Bonchev–Trinajstić information content (AvgIpc) is 3.71. The van der Waals surface area contributed by atoms with E-state index in [2.05, 4.69) is 19.8 Å². The summed E-state index contributed by atoms with van der Waals surface area (Å²) >= 11 is -1.61. The third-order valence-corrected chi connectivity index (χ3v) is 11.8. The van der Waals surface area contributed by atoms with Crippen LogP contribution in [0.3, 0.4) is 0 Å². The predicted octanol–water partition coefficient (Wildman–Crippen LogP) is 4.96. The van der Waals surface area contributed by atoms with E-state index < -0.39 is 38.1 Å². The number of nitrogens with one attached hydrogen (secondary N) is 1. The zero-order chi connectivity index (χ0) is 33.9. The molecule has 5 heterocycles. The first-order valence-corrected chi connectivity index (χ1v) is 17.9. The average molecular weight is 693 g/mol. The van der Waals surface area contributed by atoms with Crippen LogP contribution in [0.25, 0.3) is 27.8 Å². The molecule has 16 heteroatoms. The molecule has 0 bridgehead atoms. The number of nitrogens with zero attached hydrogens (tertiary/aromatic N) is 7. The first-order valence-electron chi connectivity index (χ1n) is 15.7. The number of rotatable bonds is 8. The fraction of sp³-hybridized carbons (Fsp3) is 0.613. The molecular formula is C31H42F2N8O4S2. The molecule has 2 saturated heterocycles. The largest absolute Gasteiger partial charge is 0.376 e. The molecule has 2 unspecified atom stereocenters. The van der Waals surface area contributed by atoms with Gasteiger partial charge in [0.05, 0.1) is 62.8 Å². The van der Waals surface area contributed by atoms with Crippen LogP contribution in [-0.2, 0) is 37.6 Å². The lowest BCUT2D eigenvalue weighted by Gasteiger charge is -2.43. The summed E-state index contributed by atoms with van der Waals surface area (Å²) in [6, 6.07) is 5.00. The van der Waals surface area contributed by atoms with Crippen LogP contribution in [0.15, 0.2) is 30.6 Å². The summed E-state index contributed by atoms with van der Waals surface area (Å²) in [7, 11) is -1.24. The molecule has 2 fully saturated rings. The molecule has 2 aliphatic rings. The lowest BCUT2D eigenvalue weighted by molar-refractivity contribution is 0.0615. The van der Waals surface area contributed by atoms with Gasteiger partial charge in [-0.05, 0) is 79.5 Å². The van der Waals surface area contributed by atoms with Crippen LogP contribution in [0.4, 0.5) is 14.6 Å². The Balaban J connectivity index is 1.33. The molecule has 0 aliphatic carbocycles. The number of piperidine rings is 1. The molecule has 3 aromatic heterocycles. The highest BCUT2D eigenvalue weighted by atomic mass is 32.2. The SMILES string of the molecule is C[C@@H]1OCC2(CCN(c3nc4cnn(-c5ccc6cnn(C(F)F)c6c5)c4nc3COS(=O)C(C)(C)C)CC2)[C@@H]1NS(=O)C(C)(C)C. The van der Waals surface area contributed by atoms with Crippen molar-refractivity contribution in [2.45, 2.75) is 96.1 Å². The number of fused-ring (bicyclic) bond motifs is 2. The maximum Gasteiger partial charge on any atom is 0.333 e. The second kappa shape index (κ2) is 12.5. The molecular weight excluding hydrogens is 651 g/mol. The van der Waals surface area contributed by atoms with Crippen LogP contribution in [0, 0.1) is 5.41 Å². The van der Waals surface area contributed by atoms with E-state index in [4.69, 9.17) is 18.9 Å².